The van der Waals surface area contributed by atoms with Crippen molar-refractivity contribution >= 4 is 0 Å². The van der Waals surface area contributed by atoms with Crippen LogP contribution in [0.4, 0.5) is 0 Å². The Balaban J connectivity index is 3.27. The second-order valence-corrected chi connectivity index (χ2v) is 2.40. The molecule has 11 heteroatoms. The fourth-order valence-corrected chi connectivity index (χ4v) is 0.852. The number of allylic oxidation sites excluding steroid dienone is 1. The minimum Gasteiger partial charge on any atom is -0.718 e. The van der Waals surface area contributed by atoms with E-state index in [1.165, 1.54) is 0 Å². The van der Waals surface area contributed by atoms with Crippen molar-refractivity contribution in [3.05, 3.63) is 48.9 Å². The highest BCUT2D eigenvalue weighted by Crippen LogP contribution is 2.19. The summed E-state index contributed by atoms with van der Waals surface area (Å²) in [6.45, 7) is 0. The zero-order valence-electron chi connectivity index (χ0n) is 7.06. The van der Waals surface area contributed by atoms with Crippen molar-refractivity contribution in [3.8, 4) is 0 Å². The van der Waals surface area contributed by atoms with Gasteiger partial charge in [-0.15, -0.1) is 0 Å². The van der Waals surface area contributed by atoms with E-state index in [0.717, 1.165) is 0 Å². The molecule has 0 amide bonds. The molecule has 1 heterocycles. The Morgan fingerprint density at radius 1 is 1.27 bits per heavy atom. The Hall–Kier alpha value is -2.40. The van der Waals surface area contributed by atoms with Crippen molar-refractivity contribution < 1.29 is 9.85 Å². The van der Waals surface area contributed by atoms with Gasteiger partial charge >= 0.3 is 11.5 Å². The van der Waals surface area contributed by atoms with Gasteiger partial charge < -0.3 is 21.1 Å². The van der Waals surface area contributed by atoms with Crippen molar-refractivity contribution in [1.29, 1.82) is 0 Å². The molecule has 0 bridgehead atoms. The van der Waals surface area contributed by atoms with Gasteiger partial charge in [-0.3, -0.25) is 10.1 Å². The van der Waals surface area contributed by atoms with Crippen LogP contribution in [0.15, 0.2) is 23.4 Å². The lowest BCUT2D eigenvalue weighted by molar-refractivity contribution is -0.464. The summed E-state index contributed by atoms with van der Waals surface area (Å²) in [6, 6.07) is 0. The Morgan fingerprint density at radius 2 is 1.80 bits per heavy atom. The molecule has 0 saturated heterocycles. The highest BCUT2D eigenvalue weighted by molar-refractivity contribution is 5.22. The first-order valence-electron chi connectivity index (χ1n) is 3.38. The first kappa shape index (κ1) is 10.7. The Labute approximate surface area is 81.6 Å². The minimum absolute atomic E-state index is 0.0579. The van der Waals surface area contributed by atoms with Crippen molar-refractivity contribution in [2.45, 2.75) is 0 Å². The van der Waals surface area contributed by atoms with Gasteiger partial charge in [-0.25, -0.2) is 5.17 Å². The summed E-state index contributed by atoms with van der Waals surface area (Å²) in [6.07, 6.45) is 0.504. The third kappa shape index (κ3) is 1.63. The molecule has 0 unspecified atom stereocenters. The number of nitrogens with zero attached hydrogens (tertiary/aromatic N) is 4. The Morgan fingerprint density at radius 3 is 2.20 bits per heavy atom. The molecule has 82 valence electrons. The van der Waals surface area contributed by atoms with Crippen LogP contribution in [0, 0.1) is 25.4 Å². The molecule has 1 rings (SSSR count). The lowest BCUT2D eigenvalue weighted by atomic mass is 10.3. The fourth-order valence-electron chi connectivity index (χ4n) is 0.852. The topological polar surface area (TPSA) is 168 Å². The maximum atomic E-state index is 11.0. The zero-order chi connectivity index (χ0) is 11.7. The third-order valence-corrected chi connectivity index (χ3v) is 1.55. The standard InChI is InChI=1S/C4H5N6O5/c5-4-2(9(12)13)1-3(10(14)15)7(6)8(4)11/h1H,5-6H2/q-1. The van der Waals surface area contributed by atoms with E-state index in [1.807, 2.05) is 0 Å². The van der Waals surface area contributed by atoms with Gasteiger partial charge in [-0.2, -0.15) is 5.84 Å². The van der Waals surface area contributed by atoms with E-state index in [-0.39, 0.29) is 10.3 Å². The average molecular weight is 217 g/mol. The minimum atomic E-state index is -1.04. The maximum absolute atomic E-state index is 11.0. The largest absolute Gasteiger partial charge is 0.718 e. The molecule has 0 aromatic heterocycles. The molecule has 0 aromatic carbocycles. The quantitative estimate of drug-likeness (QED) is 0.314. The number of hydroxylamine groups is 1. The van der Waals surface area contributed by atoms with Crippen molar-refractivity contribution in [2.24, 2.45) is 11.6 Å². The first-order chi connectivity index (χ1) is 6.86. The predicted molar refractivity (Wildman–Crippen MR) is 44.5 cm³/mol. The van der Waals surface area contributed by atoms with Crippen LogP contribution in [0.2, 0.25) is 0 Å². The molecular weight excluding hydrogens is 212 g/mol. The van der Waals surface area contributed by atoms with Gasteiger partial charge in [0.15, 0.2) is 0 Å². The predicted octanol–water partition coefficient (Wildman–Crippen LogP) is -1.59. The smallest absolute Gasteiger partial charge is 0.366 e. The van der Waals surface area contributed by atoms with Crippen LogP contribution >= 0.6 is 0 Å². The van der Waals surface area contributed by atoms with Crippen LogP contribution in [0.5, 0.6) is 0 Å². The molecule has 0 atom stereocenters. The molecule has 1 aliphatic heterocycles. The highest BCUT2D eigenvalue weighted by Gasteiger charge is 2.33. The molecular formula is C4H5N6O5-. The van der Waals surface area contributed by atoms with E-state index in [4.69, 9.17) is 11.6 Å². The van der Waals surface area contributed by atoms with E-state index in [9.17, 15) is 25.4 Å². The molecule has 0 radical (unpaired) electrons. The molecule has 0 aliphatic carbocycles. The van der Waals surface area contributed by atoms with E-state index in [2.05, 4.69) is 0 Å². The summed E-state index contributed by atoms with van der Waals surface area (Å²) in [4.78, 5) is 18.7. The highest BCUT2D eigenvalue weighted by atomic mass is 16.6. The van der Waals surface area contributed by atoms with Crippen LogP contribution in [-0.4, -0.2) is 20.1 Å². The van der Waals surface area contributed by atoms with E-state index >= 15 is 0 Å². The van der Waals surface area contributed by atoms with Crippen LogP contribution in [0.1, 0.15) is 0 Å². The van der Waals surface area contributed by atoms with Gasteiger partial charge in [0.25, 0.3) is 0 Å². The summed E-state index contributed by atoms with van der Waals surface area (Å²) in [5, 5.41) is 31.5. The lowest BCUT2D eigenvalue weighted by Crippen LogP contribution is -2.49. The Kier molecular flexibility index (Phi) is 2.42. The third-order valence-electron chi connectivity index (χ3n) is 1.55. The van der Waals surface area contributed by atoms with E-state index < -0.39 is 27.2 Å². The summed E-state index contributed by atoms with van der Waals surface area (Å²) >= 11 is 0. The summed E-state index contributed by atoms with van der Waals surface area (Å²) in [7, 11) is 0. The van der Waals surface area contributed by atoms with Gasteiger partial charge in [0, 0.05) is 0 Å². The number of nitro groups is 2. The number of rotatable bonds is 2. The summed E-state index contributed by atoms with van der Waals surface area (Å²) in [5.74, 6) is 3.21. The van der Waals surface area contributed by atoms with E-state index in [0.29, 0.717) is 6.08 Å². The van der Waals surface area contributed by atoms with Gasteiger partial charge in [0.1, 0.15) is 6.08 Å². The number of hydrogen-bond donors (Lipinski definition) is 2. The van der Waals surface area contributed by atoms with Crippen molar-refractivity contribution in [1.82, 2.24) is 10.3 Å². The summed E-state index contributed by atoms with van der Waals surface area (Å²) < 4.78 is 0. The molecule has 0 fully saturated rings. The SMILES string of the molecule is NC1=C([N+](=O)[O-])C=C([N+](=O)[O-])N(N)N1[O-]. The second-order valence-electron chi connectivity index (χ2n) is 2.40. The molecule has 11 nitrogen and oxygen atoms in total. The normalized spacial score (nSPS) is 16.5. The molecule has 0 aromatic rings. The van der Waals surface area contributed by atoms with Gasteiger partial charge in [0.2, 0.25) is 5.82 Å². The van der Waals surface area contributed by atoms with Gasteiger partial charge in [-0.05, 0) is 4.92 Å². The monoisotopic (exact) mass is 217 g/mol. The second kappa shape index (κ2) is 3.39. The first-order valence-corrected chi connectivity index (χ1v) is 3.38. The van der Waals surface area contributed by atoms with Gasteiger partial charge in [-0.1, -0.05) is 5.12 Å². The lowest BCUT2D eigenvalue weighted by Gasteiger charge is -2.32. The Bertz CT molecular complexity index is 387. The van der Waals surface area contributed by atoms with E-state index in [1.54, 1.807) is 0 Å². The van der Waals surface area contributed by atoms with Crippen LogP contribution in [0.25, 0.3) is 0 Å². The zero-order valence-corrected chi connectivity index (χ0v) is 7.06. The molecule has 0 spiro atoms. The van der Waals surface area contributed by atoms with Crippen LogP contribution < -0.4 is 11.6 Å². The number of hydrazine groups is 2. The maximum Gasteiger partial charge on any atom is 0.366 e. The van der Waals surface area contributed by atoms with Crippen molar-refractivity contribution in [2.75, 3.05) is 0 Å². The molecule has 4 N–H and O–H groups in total. The van der Waals surface area contributed by atoms with Crippen LogP contribution in [0.3, 0.4) is 0 Å². The molecule has 0 saturated carbocycles. The fraction of sp³-hybridized carbons (Fsp3) is 0. The molecule has 1 aliphatic rings. The van der Waals surface area contributed by atoms with Crippen LogP contribution in [-0.2, 0) is 0 Å². The summed E-state index contributed by atoms with van der Waals surface area (Å²) in [5.41, 5.74) is 4.16. The van der Waals surface area contributed by atoms with Gasteiger partial charge in [0.05, 0.1) is 4.92 Å². The average Bonchev–Trinajstić information content (AvgIpc) is 2.13. The molecule has 15 heavy (non-hydrogen) atoms. The van der Waals surface area contributed by atoms with Crippen molar-refractivity contribution in [3.63, 3.8) is 0 Å². The number of hydrogen-bond acceptors (Lipinski definition) is 9. The number of nitrogens with two attached hydrogens (primary N) is 2.